The number of carbonyl (C=O) groups excluding carboxylic acids is 2. The monoisotopic (exact) mass is 786 g/mol. The molecule has 0 saturated heterocycles. The highest BCUT2D eigenvalue weighted by Gasteiger charge is 2.18. The highest BCUT2D eigenvalue weighted by molar-refractivity contribution is 5.76. The van der Waals surface area contributed by atoms with Crippen LogP contribution in [0.25, 0.3) is 0 Å². The molecule has 0 aromatic carbocycles. The van der Waals surface area contributed by atoms with Gasteiger partial charge in [-0.15, -0.1) is 0 Å². The molecule has 0 aliphatic rings. The Balaban J connectivity index is 3.55. The van der Waals surface area contributed by atoms with Crippen molar-refractivity contribution in [1.29, 1.82) is 0 Å². The van der Waals surface area contributed by atoms with Gasteiger partial charge in [-0.1, -0.05) is 178 Å². The fraction of sp³-hybridized carbons (Fsp3) is 0.800. The van der Waals surface area contributed by atoms with Gasteiger partial charge < -0.3 is 20.3 Å². The molecule has 2 unspecified atom stereocenters. The lowest BCUT2D eigenvalue weighted by Crippen LogP contribution is -2.45. The van der Waals surface area contributed by atoms with Gasteiger partial charge in [-0.2, -0.15) is 0 Å². The maximum Gasteiger partial charge on any atom is 0.305 e. The highest BCUT2D eigenvalue weighted by atomic mass is 16.5. The smallest absolute Gasteiger partial charge is 0.305 e. The molecule has 326 valence electrons. The van der Waals surface area contributed by atoms with E-state index in [0.717, 1.165) is 83.5 Å². The van der Waals surface area contributed by atoms with E-state index < -0.39 is 12.1 Å². The Morgan fingerprint density at radius 1 is 0.500 bits per heavy atom. The number of allylic oxidation sites excluding steroid dienone is 7. The molecular weight excluding hydrogens is 695 g/mol. The number of unbranched alkanes of at least 4 members (excludes halogenated alkanes) is 26. The molecular formula is C50H91NO5. The first kappa shape index (κ1) is 53.8. The van der Waals surface area contributed by atoms with E-state index in [1.54, 1.807) is 6.08 Å². The Labute approximate surface area is 346 Å². The van der Waals surface area contributed by atoms with E-state index in [2.05, 4.69) is 55.6 Å². The fourth-order valence-electron chi connectivity index (χ4n) is 6.83. The number of hydrogen-bond donors (Lipinski definition) is 3. The van der Waals surface area contributed by atoms with Crippen molar-refractivity contribution in [1.82, 2.24) is 5.32 Å². The van der Waals surface area contributed by atoms with Crippen LogP contribution in [-0.4, -0.2) is 47.4 Å². The van der Waals surface area contributed by atoms with Crippen molar-refractivity contribution in [2.75, 3.05) is 13.2 Å². The van der Waals surface area contributed by atoms with Crippen LogP contribution in [0, 0.1) is 0 Å². The standard InChI is InChI=1S/C50H91NO5/c1-3-5-7-9-11-13-15-16-17-20-24-28-32-36-40-44-50(55)56-45-41-37-33-29-25-21-18-19-23-27-31-35-39-43-49(54)51-47(46-52)48(53)42-38-34-30-26-22-14-12-10-8-6-4-2/h11,13,16-17,19,23,38,42,47-48,52-53H,3-10,12,14-15,18,20-22,24-37,39-41,43-46H2,1-2H3,(H,51,54)/b13-11-,17-16-,23-19-,42-38+. The van der Waals surface area contributed by atoms with Crippen LogP contribution in [0.5, 0.6) is 0 Å². The molecule has 0 radical (unpaired) electrons. The Bertz CT molecular complexity index is 957. The van der Waals surface area contributed by atoms with Gasteiger partial charge in [0.1, 0.15) is 0 Å². The number of nitrogens with one attached hydrogen (secondary N) is 1. The van der Waals surface area contributed by atoms with Gasteiger partial charge in [0.25, 0.3) is 0 Å². The van der Waals surface area contributed by atoms with E-state index in [1.165, 1.54) is 122 Å². The van der Waals surface area contributed by atoms with Gasteiger partial charge >= 0.3 is 5.97 Å². The second-order valence-corrected chi connectivity index (χ2v) is 16.1. The summed E-state index contributed by atoms with van der Waals surface area (Å²) in [5, 5.41) is 22.9. The third-order valence-electron chi connectivity index (χ3n) is 10.6. The van der Waals surface area contributed by atoms with Crippen molar-refractivity contribution in [3.8, 4) is 0 Å². The number of amides is 1. The first-order chi connectivity index (χ1) is 27.5. The molecule has 0 aromatic rings. The topological polar surface area (TPSA) is 95.9 Å². The molecule has 1 amide bonds. The summed E-state index contributed by atoms with van der Waals surface area (Å²) in [6, 6.07) is -0.648. The summed E-state index contributed by atoms with van der Waals surface area (Å²) in [4.78, 5) is 24.4. The van der Waals surface area contributed by atoms with Gasteiger partial charge in [0.2, 0.25) is 5.91 Å². The predicted molar refractivity (Wildman–Crippen MR) is 241 cm³/mol. The zero-order chi connectivity index (χ0) is 40.8. The number of carbonyl (C=O) groups is 2. The van der Waals surface area contributed by atoms with Crippen LogP contribution in [0.1, 0.15) is 232 Å². The summed E-state index contributed by atoms with van der Waals surface area (Å²) in [5.41, 5.74) is 0. The van der Waals surface area contributed by atoms with Gasteiger partial charge in [-0.25, -0.2) is 0 Å². The molecule has 0 bridgehead atoms. The largest absolute Gasteiger partial charge is 0.466 e. The van der Waals surface area contributed by atoms with E-state index in [1.807, 2.05) is 6.08 Å². The van der Waals surface area contributed by atoms with Gasteiger partial charge in [-0.3, -0.25) is 9.59 Å². The number of ether oxygens (including phenoxy) is 1. The Morgan fingerprint density at radius 3 is 1.43 bits per heavy atom. The summed E-state index contributed by atoms with van der Waals surface area (Å²) in [7, 11) is 0. The molecule has 0 aliphatic carbocycles. The van der Waals surface area contributed by atoms with E-state index >= 15 is 0 Å². The Hall–Kier alpha value is -2.18. The SMILES string of the molecule is CCCCC/C=C\C/C=C\CCCCCCCC(=O)OCCCCCCCC/C=C\CCCCCC(=O)NC(CO)C(O)/C=C/CCCCCCCCCCC. The quantitative estimate of drug-likeness (QED) is 0.0325. The molecule has 0 aromatic heterocycles. The third-order valence-corrected chi connectivity index (χ3v) is 10.6. The average molecular weight is 786 g/mol. The van der Waals surface area contributed by atoms with Crippen LogP contribution >= 0.6 is 0 Å². The van der Waals surface area contributed by atoms with E-state index in [-0.39, 0.29) is 18.5 Å². The highest BCUT2D eigenvalue weighted by Crippen LogP contribution is 2.13. The lowest BCUT2D eigenvalue weighted by molar-refractivity contribution is -0.143. The van der Waals surface area contributed by atoms with Crippen molar-refractivity contribution in [2.24, 2.45) is 0 Å². The number of aliphatic hydroxyl groups is 2. The minimum Gasteiger partial charge on any atom is -0.466 e. The first-order valence-electron chi connectivity index (χ1n) is 23.9. The first-order valence-corrected chi connectivity index (χ1v) is 23.9. The molecule has 0 rings (SSSR count). The Morgan fingerprint density at radius 2 is 0.893 bits per heavy atom. The zero-order valence-corrected chi connectivity index (χ0v) is 36.8. The van der Waals surface area contributed by atoms with Crippen molar-refractivity contribution in [2.45, 2.75) is 244 Å². The fourth-order valence-corrected chi connectivity index (χ4v) is 6.83. The van der Waals surface area contributed by atoms with Crippen LogP contribution in [0.4, 0.5) is 0 Å². The summed E-state index contributed by atoms with van der Waals surface area (Å²) in [6.07, 6.45) is 55.3. The van der Waals surface area contributed by atoms with Crippen LogP contribution in [0.15, 0.2) is 48.6 Å². The lowest BCUT2D eigenvalue weighted by Gasteiger charge is -2.19. The molecule has 0 spiro atoms. The molecule has 0 heterocycles. The molecule has 56 heavy (non-hydrogen) atoms. The molecule has 3 N–H and O–H groups in total. The van der Waals surface area contributed by atoms with Crippen molar-refractivity contribution < 1.29 is 24.5 Å². The van der Waals surface area contributed by atoms with Crippen molar-refractivity contribution in [3.05, 3.63) is 48.6 Å². The minimum absolute atomic E-state index is 0.0295. The van der Waals surface area contributed by atoms with Crippen LogP contribution in [0.2, 0.25) is 0 Å². The van der Waals surface area contributed by atoms with Gasteiger partial charge in [-0.05, 0) is 89.9 Å². The van der Waals surface area contributed by atoms with Crippen molar-refractivity contribution in [3.63, 3.8) is 0 Å². The van der Waals surface area contributed by atoms with Gasteiger partial charge in [0.05, 0.1) is 25.4 Å². The lowest BCUT2D eigenvalue weighted by atomic mass is 10.1. The van der Waals surface area contributed by atoms with Crippen LogP contribution < -0.4 is 5.32 Å². The second kappa shape index (κ2) is 45.5. The van der Waals surface area contributed by atoms with E-state index in [4.69, 9.17) is 4.74 Å². The number of esters is 1. The minimum atomic E-state index is -0.861. The molecule has 0 saturated carbocycles. The predicted octanol–water partition coefficient (Wildman–Crippen LogP) is 13.9. The van der Waals surface area contributed by atoms with Crippen LogP contribution in [0.3, 0.4) is 0 Å². The van der Waals surface area contributed by atoms with E-state index in [0.29, 0.717) is 19.4 Å². The molecule has 2 atom stereocenters. The molecule has 0 fully saturated rings. The molecule has 6 nitrogen and oxygen atoms in total. The zero-order valence-electron chi connectivity index (χ0n) is 36.8. The number of rotatable bonds is 43. The third kappa shape index (κ3) is 41.5. The second-order valence-electron chi connectivity index (χ2n) is 16.1. The normalized spacial score (nSPS) is 13.1. The van der Waals surface area contributed by atoms with Gasteiger partial charge in [0.15, 0.2) is 0 Å². The van der Waals surface area contributed by atoms with E-state index in [9.17, 15) is 19.8 Å². The summed E-state index contributed by atoms with van der Waals surface area (Å²) in [5.74, 6) is -0.132. The van der Waals surface area contributed by atoms with Gasteiger partial charge in [0, 0.05) is 12.8 Å². The summed E-state index contributed by atoms with van der Waals surface area (Å²) >= 11 is 0. The summed E-state index contributed by atoms with van der Waals surface area (Å²) in [6.45, 7) is 4.79. The maximum absolute atomic E-state index is 12.4. The average Bonchev–Trinajstić information content (AvgIpc) is 3.20. The molecule has 0 aliphatic heterocycles. The number of hydrogen-bond acceptors (Lipinski definition) is 5. The Kier molecular flexibility index (Phi) is 43.7. The number of aliphatic hydroxyl groups excluding tert-OH is 2. The molecule has 6 heteroatoms. The maximum atomic E-state index is 12.4. The summed E-state index contributed by atoms with van der Waals surface area (Å²) < 4.78 is 5.44. The van der Waals surface area contributed by atoms with Crippen LogP contribution in [-0.2, 0) is 14.3 Å². The van der Waals surface area contributed by atoms with Crippen molar-refractivity contribution >= 4 is 11.9 Å².